The number of ether oxygens (including phenoxy) is 1. The van der Waals surface area contributed by atoms with Crippen molar-refractivity contribution in [1.82, 2.24) is 0 Å². The maximum absolute atomic E-state index is 13.5. The lowest BCUT2D eigenvalue weighted by atomic mass is 9.77. The molecular formula is C11H20F2O2. The molecule has 0 aliphatic carbocycles. The second-order valence-electron chi connectivity index (χ2n) is 5.41. The molecule has 1 saturated heterocycles. The number of halogens is 2. The van der Waals surface area contributed by atoms with Gasteiger partial charge < -0.3 is 9.84 Å². The molecule has 5 atom stereocenters. The summed E-state index contributed by atoms with van der Waals surface area (Å²) in [6, 6.07) is 0. The summed E-state index contributed by atoms with van der Waals surface area (Å²) in [6.07, 6.45) is -3.85. The van der Waals surface area contributed by atoms with Crippen LogP contribution >= 0.6 is 0 Å². The maximum atomic E-state index is 13.5. The van der Waals surface area contributed by atoms with Crippen molar-refractivity contribution in [2.45, 2.75) is 52.2 Å². The average Bonchev–Trinajstić information content (AvgIpc) is 2.13. The summed E-state index contributed by atoms with van der Waals surface area (Å²) in [5.74, 6) is -0.580. The number of aliphatic hydroxyl groups is 1. The Kier molecular flexibility index (Phi) is 3.71. The molecule has 2 nitrogen and oxygen atoms in total. The predicted molar refractivity (Wildman–Crippen MR) is 54.2 cm³/mol. The van der Waals surface area contributed by atoms with Crippen LogP contribution in [0.2, 0.25) is 0 Å². The molecule has 1 aliphatic heterocycles. The van der Waals surface area contributed by atoms with Crippen LogP contribution in [0.4, 0.5) is 8.78 Å². The minimum absolute atomic E-state index is 0.318. The van der Waals surface area contributed by atoms with Crippen molar-refractivity contribution in [3.05, 3.63) is 0 Å². The smallest absolute Gasteiger partial charge is 0.134 e. The molecule has 0 saturated carbocycles. The maximum Gasteiger partial charge on any atom is 0.134 e. The summed E-state index contributed by atoms with van der Waals surface area (Å²) < 4.78 is 31.4. The molecular weight excluding hydrogens is 202 g/mol. The molecule has 1 heterocycles. The van der Waals surface area contributed by atoms with Gasteiger partial charge >= 0.3 is 0 Å². The minimum Gasteiger partial charge on any atom is -0.390 e. The Balaban J connectivity index is 2.83. The fraction of sp³-hybridized carbons (Fsp3) is 1.00. The van der Waals surface area contributed by atoms with E-state index in [1.165, 1.54) is 0 Å². The number of hydrogen-bond donors (Lipinski definition) is 1. The molecule has 0 aromatic rings. The van der Waals surface area contributed by atoms with Gasteiger partial charge in [0.05, 0.1) is 12.2 Å². The first-order valence-electron chi connectivity index (χ1n) is 5.32. The third-order valence-electron chi connectivity index (χ3n) is 3.03. The van der Waals surface area contributed by atoms with Crippen molar-refractivity contribution in [1.29, 1.82) is 0 Å². The molecule has 0 bridgehead atoms. The Hall–Kier alpha value is -0.220. The second-order valence-corrected chi connectivity index (χ2v) is 5.41. The summed E-state index contributed by atoms with van der Waals surface area (Å²) in [7, 11) is 0. The third kappa shape index (κ3) is 2.48. The molecule has 1 aliphatic rings. The van der Waals surface area contributed by atoms with Gasteiger partial charge in [0.1, 0.15) is 19.0 Å². The van der Waals surface area contributed by atoms with Crippen LogP contribution in [0, 0.1) is 11.3 Å². The molecule has 1 fully saturated rings. The van der Waals surface area contributed by atoms with Crippen molar-refractivity contribution in [2.75, 3.05) is 6.67 Å². The summed E-state index contributed by atoms with van der Waals surface area (Å²) in [5, 5.41) is 9.87. The van der Waals surface area contributed by atoms with Crippen LogP contribution in [0.3, 0.4) is 0 Å². The standard InChI is InChI=1S/C11H20F2O2/c1-6-8(13)7(5-12)15-10(9(6)14)11(2,3)4/h6-10,14H,5H2,1-4H3. The van der Waals surface area contributed by atoms with Gasteiger partial charge in [-0.15, -0.1) is 0 Å². The zero-order valence-corrected chi connectivity index (χ0v) is 9.71. The minimum atomic E-state index is -1.43. The first-order chi connectivity index (χ1) is 6.79. The van der Waals surface area contributed by atoms with Gasteiger partial charge in [-0.2, -0.15) is 0 Å². The highest BCUT2D eigenvalue weighted by Gasteiger charge is 2.47. The van der Waals surface area contributed by atoms with Crippen molar-refractivity contribution >= 4 is 0 Å². The quantitative estimate of drug-likeness (QED) is 0.736. The van der Waals surface area contributed by atoms with Crippen molar-refractivity contribution in [2.24, 2.45) is 11.3 Å². The number of rotatable bonds is 1. The van der Waals surface area contributed by atoms with E-state index in [9.17, 15) is 13.9 Å². The summed E-state index contributed by atoms with van der Waals surface area (Å²) >= 11 is 0. The number of alkyl halides is 2. The van der Waals surface area contributed by atoms with E-state index in [1.807, 2.05) is 20.8 Å². The molecule has 90 valence electrons. The highest BCUT2D eigenvalue weighted by Crippen LogP contribution is 2.36. The molecule has 15 heavy (non-hydrogen) atoms. The molecule has 0 aromatic carbocycles. The predicted octanol–water partition coefficient (Wildman–Crippen LogP) is 2.10. The zero-order chi connectivity index (χ0) is 11.8. The van der Waals surface area contributed by atoms with Gasteiger partial charge in [0, 0.05) is 5.92 Å². The van der Waals surface area contributed by atoms with Gasteiger partial charge in [-0.1, -0.05) is 27.7 Å². The average molecular weight is 222 g/mol. The van der Waals surface area contributed by atoms with Crippen LogP contribution < -0.4 is 0 Å². The molecule has 4 heteroatoms. The molecule has 5 unspecified atom stereocenters. The van der Waals surface area contributed by atoms with E-state index in [1.54, 1.807) is 6.92 Å². The van der Waals surface area contributed by atoms with E-state index in [2.05, 4.69) is 0 Å². The highest BCUT2D eigenvalue weighted by molar-refractivity contribution is 4.94. The summed E-state index contributed by atoms with van der Waals surface area (Å²) in [5.41, 5.74) is -0.318. The normalized spacial score (nSPS) is 43.0. The summed E-state index contributed by atoms with van der Waals surface area (Å²) in [6.45, 7) is 6.43. The van der Waals surface area contributed by atoms with E-state index in [-0.39, 0.29) is 5.41 Å². The molecule has 1 rings (SSSR count). The van der Waals surface area contributed by atoms with Crippen molar-refractivity contribution in [3.8, 4) is 0 Å². The van der Waals surface area contributed by atoms with Crippen LogP contribution in [0.1, 0.15) is 27.7 Å². The van der Waals surface area contributed by atoms with E-state index in [4.69, 9.17) is 4.74 Å². The number of hydrogen-bond acceptors (Lipinski definition) is 2. The Morgan fingerprint density at radius 2 is 1.87 bits per heavy atom. The monoisotopic (exact) mass is 222 g/mol. The SMILES string of the molecule is CC1C(O)C(C(C)(C)C)OC(CF)C1F. The fourth-order valence-corrected chi connectivity index (χ4v) is 1.98. The fourth-order valence-electron chi connectivity index (χ4n) is 1.98. The third-order valence-corrected chi connectivity index (χ3v) is 3.03. The lowest BCUT2D eigenvalue weighted by Gasteiger charge is -2.45. The van der Waals surface area contributed by atoms with Gasteiger partial charge in [0.15, 0.2) is 0 Å². The van der Waals surface area contributed by atoms with E-state index < -0.39 is 37.1 Å². The number of aliphatic hydroxyl groups excluding tert-OH is 1. The Labute approximate surface area is 89.6 Å². The van der Waals surface area contributed by atoms with Crippen molar-refractivity contribution in [3.63, 3.8) is 0 Å². The highest BCUT2D eigenvalue weighted by atomic mass is 19.1. The first-order valence-corrected chi connectivity index (χ1v) is 5.32. The lowest BCUT2D eigenvalue weighted by molar-refractivity contribution is -0.210. The molecule has 0 amide bonds. The largest absolute Gasteiger partial charge is 0.390 e. The van der Waals surface area contributed by atoms with Gasteiger partial charge in [-0.3, -0.25) is 0 Å². The van der Waals surface area contributed by atoms with Crippen LogP contribution in [-0.2, 0) is 4.74 Å². The Bertz CT molecular complexity index is 213. The Morgan fingerprint density at radius 1 is 1.33 bits per heavy atom. The summed E-state index contributed by atoms with van der Waals surface area (Å²) in [4.78, 5) is 0. The zero-order valence-electron chi connectivity index (χ0n) is 9.71. The molecule has 0 spiro atoms. The van der Waals surface area contributed by atoms with Gasteiger partial charge in [0.2, 0.25) is 0 Å². The van der Waals surface area contributed by atoms with E-state index in [0.717, 1.165) is 0 Å². The van der Waals surface area contributed by atoms with Crippen LogP contribution in [0.5, 0.6) is 0 Å². The van der Waals surface area contributed by atoms with Gasteiger partial charge in [-0.05, 0) is 5.41 Å². The van der Waals surface area contributed by atoms with Crippen LogP contribution in [-0.4, -0.2) is 36.3 Å². The van der Waals surface area contributed by atoms with Crippen LogP contribution in [0.15, 0.2) is 0 Å². The molecule has 0 radical (unpaired) electrons. The van der Waals surface area contributed by atoms with Gasteiger partial charge in [0.25, 0.3) is 0 Å². The topological polar surface area (TPSA) is 29.5 Å². The first kappa shape index (κ1) is 12.8. The second kappa shape index (κ2) is 4.34. The van der Waals surface area contributed by atoms with E-state index in [0.29, 0.717) is 0 Å². The van der Waals surface area contributed by atoms with Crippen molar-refractivity contribution < 1.29 is 18.6 Å². The van der Waals surface area contributed by atoms with Gasteiger partial charge in [-0.25, -0.2) is 8.78 Å². The Morgan fingerprint density at radius 3 is 2.27 bits per heavy atom. The molecule has 0 aromatic heterocycles. The lowest BCUT2D eigenvalue weighted by Crippen LogP contribution is -2.56. The van der Waals surface area contributed by atoms with E-state index >= 15 is 0 Å². The molecule has 1 N–H and O–H groups in total. The van der Waals surface area contributed by atoms with Crippen LogP contribution in [0.25, 0.3) is 0 Å².